The molecule has 1 N–H and O–H groups in total. The summed E-state index contributed by atoms with van der Waals surface area (Å²) in [5.41, 5.74) is 2.79. The van der Waals surface area contributed by atoms with Crippen molar-refractivity contribution in [2.45, 2.75) is 36.1 Å². The van der Waals surface area contributed by atoms with Crippen LogP contribution in [0.25, 0.3) is 0 Å². The molecular formula is C21H22N2O3S2. The molecule has 0 aliphatic heterocycles. The molecule has 0 fully saturated rings. The van der Waals surface area contributed by atoms with Crippen LogP contribution >= 0.6 is 23.1 Å². The van der Waals surface area contributed by atoms with Gasteiger partial charge in [-0.3, -0.25) is 4.79 Å². The summed E-state index contributed by atoms with van der Waals surface area (Å²) >= 11 is 3.25. The second-order valence-electron chi connectivity index (χ2n) is 6.26. The second-order valence-corrected chi connectivity index (χ2v) is 8.44. The van der Waals surface area contributed by atoms with E-state index in [1.807, 2.05) is 37.4 Å². The third-order valence-electron chi connectivity index (χ3n) is 4.00. The minimum absolute atomic E-state index is 0.199. The average Bonchev–Trinajstić information content (AvgIpc) is 3.09. The molecule has 0 radical (unpaired) electrons. The second kappa shape index (κ2) is 9.12. The number of anilines is 1. The first-order chi connectivity index (χ1) is 13.4. The van der Waals surface area contributed by atoms with Crippen LogP contribution < -0.4 is 14.8 Å². The molecule has 2 aromatic carbocycles. The molecule has 0 saturated heterocycles. The monoisotopic (exact) mass is 414 g/mol. The van der Waals surface area contributed by atoms with Crippen molar-refractivity contribution in [3.8, 4) is 11.5 Å². The Morgan fingerprint density at radius 2 is 1.86 bits per heavy atom. The lowest BCUT2D eigenvalue weighted by molar-refractivity contribution is -0.122. The van der Waals surface area contributed by atoms with Crippen molar-refractivity contribution in [2.24, 2.45) is 0 Å². The lowest BCUT2D eigenvalue weighted by Gasteiger charge is -2.16. The average molecular weight is 415 g/mol. The Bertz CT molecular complexity index is 955. The molecule has 1 unspecified atom stereocenters. The van der Waals surface area contributed by atoms with Crippen LogP contribution in [0.2, 0.25) is 0 Å². The molecule has 0 saturated carbocycles. The van der Waals surface area contributed by atoms with E-state index in [1.54, 1.807) is 61.4 Å². The Balaban J connectivity index is 1.60. The maximum absolute atomic E-state index is 12.5. The van der Waals surface area contributed by atoms with Crippen LogP contribution in [0.3, 0.4) is 0 Å². The summed E-state index contributed by atoms with van der Waals surface area (Å²) in [5, 5.41) is 4.97. The van der Waals surface area contributed by atoms with E-state index in [2.05, 4.69) is 10.3 Å². The normalized spacial score (nSPS) is 11.7. The number of nitrogens with one attached hydrogen (secondary N) is 1. The summed E-state index contributed by atoms with van der Waals surface area (Å²) in [6.45, 7) is 5.69. The van der Waals surface area contributed by atoms with Crippen LogP contribution in [0.15, 0.2) is 57.1 Å². The number of nitrogens with zero attached hydrogens (tertiary/aromatic N) is 1. The highest BCUT2D eigenvalue weighted by atomic mass is 32.2. The smallest absolute Gasteiger partial charge is 0.265 e. The van der Waals surface area contributed by atoms with Gasteiger partial charge in [0.1, 0.15) is 11.5 Å². The van der Waals surface area contributed by atoms with Crippen molar-refractivity contribution in [1.82, 2.24) is 4.98 Å². The van der Waals surface area contributed by atoms with Crippen LogP contribution in [0.4, 0.5) is 5.69 Å². The van der Waals surface area contributed by atoms with Crippen molar-refractivity contribution in [2.75, 3.05) is 12.4 Å². The van der Waals surface area contributed by atoms with Gasteiger partial charge in [-0.1, -0.05) is 11.8 Å². The number of amides is 1. The van der Waals surface area contributed by atoms with Crippen molar-refractivity contribution in [1.29, 1.82) is 0 Å². The van der Waals surface area contributed by atoms with Gasteiger partial charge in [0, 0.05) is 21.7 Å². The molecule has 0 spiro atoms. The van der Waals surface area contributed by atoms with E-state index in [0.717, 1.165) is 31.9 Å². The van der Waals surface area contributed by atoms with Gasteiger partial charge in [-0.15, -0.1) is 11.3 Å². The number of aryl methyl sites for hydroxylation is 2. The highest BCUT2D eigenvalue weighted by molar-refractivity contribution is 8.01. The largest absolute Gasteiger partial charge is 0.497 e. The molecular weight excluding hydrogens is 392 g/mol. The van der Waals surface area contributed by atoms with Gasteiger partial charge in [-0.25, -0.2) is 4.98 Å². The number of carbonyl (C=O) groups is 1. The van der Waals surface area contributed by atoms with Gasteiger partial charge in [-0.2, -0.15) is 0 Å². The number of rotatable bonds is 7. The summed E-state index contributed by atoms with van der Waals surface area (Å²) in [6, 6.07) is 13.1. The lowest BCUT2D eigenvalue weighted by atomic mass is 10.2. The van der Waals surface area contributed by atoms with E-state index in [4.69, 9.17) is 9.47 Å². The zero-order valence-corrected chi connectivity index (χ0v) is 17.8. The maximum atomic E-state index is 12.5. The lowest BCUT2D eigenvalue weighted by Crippen LogP contribution is -2.30. The summed E-state index contributed by atoms with van der Waals surface area (Å²) < 4.78 is 11.8. The van der Waals surface area contributed by atoms with Crippen molar-refractivity contribution >= 4 is 34.7 Å². The summed E-state index contributed by atoms with van der Waals surface area (Å²) in [5.74, 6) is 1.16. The third kappa shape index (κ3) is 5.27. The molecule has 1 heterocycles. The van der Waals surface area contributed by atoms with Gasteiger partial charge in [0.05, 0.1) is 7.11 Å². The highest BCUT2D eigenvalue weighted by Crippen LogP contribution is 2.32. The summed E-state index contributed by atoms with van der Waals surface area (Å²) in [7, 11) is 1.61. The van der Waals surface area contributed by atoms with Crippen LogP contribution in [0.1, 0.15) is 18.2 Å². The third-order valence-corrected chi connectivity index (χ3v) is 6.05. The standard InChI is InChI=1S/C21H22N2O3S2/c1-13-11-18(28-21-22-14(2)12-27-21)9-10-19(13)23-20(24)15(3)26-17-7-5-16(25-4)6-8-17/h5-12,15H,1-4H3,(H,23,24). The van der Waals surface area contributed by atoms with Gasteiger partial charge in [0.25, 0.3) is 5.91 Å². The van der Waals surface area contributed by atoms with Gasteiger partial charge in [0.15, 0.2) is 10.4 Å². The maximum Gasteiger partial charge on any atom is 0.265 e. The number of hydrogen-bond acceptors (Lipinski definition) is 6. The zero-order valence-electron chi connectivity index (χ0n) is 16.2. The molecule has 1 atom stereocenters. The van der Waals surface area contributed by atoms with Crippen LogP contribution in [0, 0.1) is 13.8 Å². The Hall–Kier alpha value is -2.51. The van der Waals surface area contributed by atoms with E-state index in [-0.39, 0.29) is 5.91 Å². The molecule has 0 aliphatic rings. The Morgan fingerprint density at radius 1 is 1.14 bits per heavy atom. The number of carbonyl (C=O) groups excluding carboxylic acids is 1. The van der Waals surface area contributed by atoms with Gasteiger partial charge in [-0.05, 0) is 68.8 Å². The molecule has 146 valence electrons. The van der Waals surface area contributed by atoms with Gasteiger partial charge >= 0.3 is 0 Å². The molecule has 7 heteroatoms. The fraction of sp³-hybridized carbons (Fsp3) is 0.238. The molecule has 1 aromatic heterocycles. The topological polar surface area (TPSA) is 60.5 Å². The predicted octanol–water partition coefficient (Wildman–Crippen LogP) is 5.33. The molecule has 3 aromatic rings. The summed E-state index contributed by atoms with van der Waals surface area (Å²) in [4.78, 5) is 18.1. The molecule has 28 heavy (non-hydrogen) atoms. The van der Waals surface area contributed by atoms with Gasteiger partial charge in [0.2, 0.25) is 0 Å². The molecule has 0 aliphatic carbocycles. The fourth-order valence-corrected chi connectivity index (χ4v) is 4.38. The number of aromatic nitrogens is 1. The zero-order chi connectivity index (χ0) is 20.1. The minimum atomic E-state index is -0.625. The Kier molecular flexibility index (Phi) is 6.59. The van der Waals surface area contributed by atoms with E-state index in [1.165, 1.54) is 0 Å². The van der Waals surface area contributed by atoms with E-state index in [9.17, 15) is 4.79 Å². The Labute approximate surface area is 173 Å². The Morgan fingerprint density at radius 3 is 2.46 bits per heavy atom. The number of methoxy groups -OCH3 is 1. The van der Waals surface area contributed by atoms with Crippen LogP contribution in [0.5, 0.6) is 11.5 Å². The summed E-state index contributed by atoms with van der Waals surface area (Å²) in [6.07, 6.45) is -0.625. The fourth-order valence-electron chi connectivity index (χ4n) is 2.47. The molecule has 0 bridgehead atoms. The SMILES string of the molecule is COc1ccc(OC(C)C(=O)Nc2ccc(Sc3nc(C)cs3)cc2C)cc1. The first-order valence-corrected chi connectivity index (χ1v) is 10.5. The van der Waals surface area contributed by atoms with E-state index in [0.29, 0.717) is 5.75 Å². The first kappa shape index (κ1) is 20.2. The van der Waals surface area contributed by atoms with Crippen molar-refractivity contribution < 1.29 is 14.3 Å². The number of ether oxygens (including phenoxy) is 2. The molecule has 1 amide bonds. The molecule has 5 nitrogen and oxygen atoms in total. The number of thiazole rings is 1. The quantitative estimate of drug-likeness (QED) is 0.566. The first-order valence-electron chi connectivity index (χ1n) is 8.77. The van der Waals surface area contributed by atoms with Crippen molar-refractivity contribution in [3.05, 3.63) is 59.1 Å². The minimum Gasteiger partial charge on any atom is -0.497 e. The van der Waals surface area contributed by atoms with Gasteiger partial charge < -0.3 is 14.8 Å². The predicted molar refractivity (Wildman–Crippen MR) is 114 cm³/mol. The van der Waals surface area contributed by atoms with E-state index < -0.39 is 6.10 Å². The van der Waals surface area contributed by atoms with Crippen LogP contribution in [-0.2, 0) is 4.79 Å². The van der Waals surface area contributed by atoms with E-state index >= 15 is 0 Å². The number of benzene rings is 2. The van der Waals surface area contributed by atoms with Crippen LogP contribution in [-0.4, -0.2) is 24.1 Å². The van der Waals surface area contributed by atoms with Crippen molar-refractivity contribution in [3.63, 3.8) is 0 Å². The highest BCUT2D eigenvalue weighted by Gasteiger charge is 2.16. The number of hydrogen-bond donors (Lipinski definition) is 1. The molecule has 3 rings (SSSR count).